The molecule has 4 N–H and O–H groups in total. The molecule has 1 aliphatic carbocycles. The van der Waals surface area contributed by atoms with Gasteiger partial charge in [-0.15, -0.1) is 0 Å². The van der Waals surface area contributed by atoms with E-state index in [0.29, 0.717) is 6.54 Å². The Bertz CT molecular complexity index is 2300. The third kappa shape index (κ3) is 8.81. The van der Waals surface area contributed by atoms with Crippen LogP contribution in [0.15, 0.2) is 73.1 Å². The molecule has 4 amide bonds. The second-order valence-electron chi connectivity index (χ2n) is 16.2. The van der Waals surface area contributed by atoms with E-state index >= 15 is 0 Å². The van der Waals surface area contributed by atoms with Crippen LogP contribution < -0.4 is 10.7 Å². The van der Waals surface area contributed by atoms with Crippen LogP contribution in [0.25, 0.3) is 44.4 Å². The zero-order valence-electron chi connectivity index (χ0n) is 34.6. The van der Waals surface area contributed by atoms with Gasteiger partial charge in [0.15, 0.2) is 0 Å². The minimum atomic E-state index is -0.687. The van der Waals surface area contributed by atoms with Crippen molar-refractivity contribution in [3.05, 3.63) is 84.7 Å². The van der Waals surface area contributed by atoms with Crippen molar-refractivity contribution in [3.8, 4) is 33.6 Å². The number of imidazole rings is 2. The number of likely N-dealkylation sites (tertiary alicyclic amines) is 1. The molecule has 0 bridgehead atoms. The van der Waals surface area contributed by atoms with Crippen molar-refractivity contribution in [2.75, 3.05) is 20.8 Å². The van der Waals surface area contributed by atoms with Crippen molar-refractivity contribution in [3.63, 3.8) is 0 Å². The second-order valence-corrected chi connectivity index (χ2v) is 16.2. The standard InChI is InChI=1S/C45H54N8O6/c1-26(2)39(50-44(56)58-5)43(55)52-21-9-12-38(52)41-47-24-36(49-41)29-15-13-28(14-16-29)30-17-18-32-23-33(20-19-31(32)22-30)37-25-46-40(48-37)34-10-7-8-11-35(34)42(54)53(27(3)4)51-45(57)59-6/h13-20,22-27,34-35,38-39H,7-12,21H2,1-6H3,(H,46,48)(H,47,49)(H,50,56)(H,51,57)/t34-,35+,38-,39-/m0/s1. The third-order valence-electron chi connectivity index (χ3n) is 11.7. The Morgan fingerprint density at radius 2 is 1.32 bits per heavy atom. The van der Waals surface area contributed by atoms with Crippen LogP contribution in [0.2, 0.25) is 0 Å². The number of carbonyl (C=O) groups is 4. The van der Waals surface area contributed by atoms with E-state index in [0.717, 1.165) is 94.6 Å². The van der Waals surface area contributed by atoms with Crippen molar-refractivity contribution in [2.24, 2.45) is 11.8 Å². The number of hydrazine groups is 1. The Labute approximate surface area is 344 Å². The average molecular weight is 803 g/mol. The van der Waals surface area contributed by atoms with Crippen LogP contribution in [-0.4, -0.2) is 86.7 Å². The van der Waals surface area contributed by atoms with E-state index in [2.05, 4.69) is 81.4 Å². The molecule has 59 heavy (non-hydrogen) atoms. The van der Waals surface area contributed by atoms with Gasteiger partial charge >= 0.3 is 12.2 Å². The highest BCUT2D eigenvalue weighted by molar-refractivity contribution is 5.91. The Kier molecular flexibility index (Phi) is 12.3. The van der Waals surface area contributed by atoms with E-state index in [1.165, 1.54) is 19.2 Å². The van der Waals surface area contributed by atoms with Crippen molar-refractivity contribution in [1.82, 2.24) is 40.6 Å². The van der Waals surface area contributed by atoms with Gasteiger partial charge in [0.05, 0.1) is 44.0 Å². The summed E-state index contributed by atoms with van der Waals surface area (Å²) in [6, 6.07) is 20.0. The molecule has 2 fully saturated rings. The molecule has 0 unspecified atom stereocenters. The number of alkyl carbamates (subject to hydrolysis) is 1. The number of hydrogen-bond acceptors (Lipinski definition) is 8. The fourth-order valence-corrected chi connectivity index (χ4v) is 8.47. The minimum Gasteiger partial charge on any atom is -0.453 e. The molecule has 1 saturated heterocycles. The molecule has 5 aromatic rings. The number of ether oxygens (including phenoxy) is 2. The summed E-state index contributed by atoms with van der Waals surface area (Å²) in [5.74, 6) is 0.732. The first-order chi connectivity index (χ1) is 28.4. The number of benzene rings is 3. The van der Waals surface area contributed by atoms with Crippen LogP contribution in [0.1, 0.15) is 89.8 Å². The maximum atomic E-state index is 13.7. The minimum absolute atomic E-state index is 0.0930. The number of fused-ring (bicyclic) bond motifs is 1. The van der Waals surface area contributed by atoms with E-state index in [4.69, 9.17) is 19.4 Å². The van der Waals surface area contributed by atoms with Crippen molar-refractivity contribution < 1.29 is 28.7 Å². The SMILES string of the molecule is COC(=O)N[C@H](C(=O)N1CCC[C@H]1c1ncc(-c2ccc(-c3ccc4cc(-c5cnc([C@H]6CCCC[C@H]6C(=O)N(NC(=O)OC)C(C)C)[nH]5)ccc4c3)cc2)[nH]1)C(C)C. The van der Waals surface area contributed by atoms with Crippen molar-refractivity contribution in [1.29, 1.82) is 0 Å². The lowest BCUT2D eigenvalue weighted by atomic mass is 9.78. The number of nitrogens with one attached hydrogen (secondary N) is 4. The largest absolute Gasteiger partial charge is 0.453 e. The summed E-state index contributed by atoms with van der Waals surface area (Å²) in [5.41, 5.74) is 8.51. The van der Waals surface area contributed by atoms with Gasteiger partial charge in [-0.25, -0.2) is 30.0 Å². The number of aromatic amines is 2. The molecule has 1 saturated carbocycles. The topological polar surface area (TPSA) is 175 Å². The highest BCUT2D eigenvalue weighted by Gasteiger charge is 2.39. The quantitative estimate of drug-likeness (QED) is 0.102. The predicted octanol–water partition coefficient (Wildman–Crippen LogP) is 8.11. The molecule has 1 aliphatic heterocycles. The monoisotopic (exact) mass is 802 g/mol. The zero-order chi connectivity index (χ0) is 41.8. The first-order valence-electron chi connectivity index (χ1n) is 20.5. The number of aromatic nitrogens is 4. The first-order valence-corrected chi connectivity index (χ1v) is 20.5. The van der Waals surface area contributed by atoms with E-state index in [1.807, 2.05) is 45.0 Å². The van der Waals surface area contributed by atoms with Gasteiger partial charge in [-0.05, 0) is 85.0 Å². The highest BCUT2D eigenvalue weighted by atomic mass is 16.5. The van der Waals surface area contributed by atoms with E-state index in [1.54, 1.807) is 0 Å². The Morgan fingerprint density at radius 1 is 0.729 bits per heavy atom. The fourth-order valence-electron chi connectivity index (χ4n) is 8.47. The molecular formula is C45H54N8O6. The summed E-state index contributed by atoms with van der Waals surface area (Å²) in [5, 5.41) is 6.28. The zero-order valence-corrected chi connectivity index (χ0v) is 34.6. The molecular weight excluding hydrogens is 749 g/mol. The van der Waals surface area contributed by atoms with Gasteiger partial charge < -0.3 is 29.7 Å². The fraction of sp³-hybridized carbons (Fsp3) is 0.422. The summed E-state index contributed by atoms with van der Waals surface area (Å²) < 4.78 is 9.53. The molecule has 7 rings (SSSR count). The number of amides is 4. The van der Waals surface area contributed by atoms with Gasteiger partial charge in [0, 0.05) is 30.0 Å². The summed E-state index contributed by atoms with van der Waals surface area (Å²) in [7, 11) is 2.58. The maximum Gasteiger partial charge on any atom is 0.425 e. The summed E-state index contributed by atoms with van der Waals surface area (Å²) in [6.07, 6.45) is 7.49. The smallest absolute Gasteiger partial charge is 0.425 e. The lowest BCUT2D eigenvalue weighted by molar-refractivity contribution is -0.142. The van der Waals surface area contributed by atoms with Crippen LogP contribution in [-0.2, 0) is 19.1 Å². The lowest BCUT2D eigenvalue weighted by Gasteiger charge is -2.35. The number of hydrogen-bond donors (Lipinski definition) is 4. The number of carbonyl (C=O) groups excluding carboxylic acids is 4. The Hall–Kier alpha value is -6.18. The summed E-state index contributed by atoms with van der Waals surface area (Å²) in [4.78, 5) is 69.5. The number of H-pyrrole nitrogens is 2. The Morgan fingerprint density at radius 3 is 2.00 bits per heavy atom. The molecule has 310 valence electrons. The van der Waals surface area contributed by atoms with Crippen LogP contribution in [0.4, 0.5) is 9.59 Å². The molecule has 14 nitrogen and oxygen atoms in total. The number of methoxy groups -OCH3 is 2. The van der Waals surface area contributed by atoms with Gasteiger partial charge in [0.2, 0.25) is 11.8 Å². The maximum absolute atomic E-state index is 13.7. The van der Waals surface area contributed by atoms with E-state index in [-0.39, 0.29) is 41.7 Å². The molecule has 4 atom stereocenters. The predicted molar refractivity (Wildman–Crippen MR) is 225 cm³/mol. The molecule has 3 aromatic carbocycles. The van der Waals surface area contributed by atoms with Crippen LogP contribution in [0, 0.1) is 11.8 Å². The van der Waals surface area contributed by atoms with E-state index in [9.17, 15) is 19.2 Å². The van der Waals surface area contributed by atoms with Gasteiger partial charge in [-0.2, -0.15) is 0 Å². The van der Waals surface area contributed by atoms with Gasteiger partial charge in [0.1, 0.15) is 17.7 Å². The summed E-state index contributed by atoms with van der Waals surface area (Å²) in [6.45, 7) is 8.13. The Balaban J connectivity index is 1.03. The normalized spacial score (nSPS) is 18.5. The van der Waals surface area contributed by atoms with Crippen LogP contribution >= 0.6 is 0 Å². The van der Waals surface area contributed by atoms with Crippen molar-refractivity contribution in [2.45, 2.75) is 90.3 Å². The second kappa shape index (κ2) is 17.8. The lowest BCUT2D eigenvalue weighted by Crippen LogP contribution is -2.53. The first kappa shape index (κ1) is 41.0. The van der Waals surface area contributed by atoms with Gasteiger partial charge in [0.25, 0.3) is 0 Å². The van der Waals surface area contributed by atoms with Crippen LogP contribution in [0.5, 0.6) is 0 Å². The molecule has 0 radical (unpaired) electrons. The highest BCUT2D eigenvalue weighted by Crippen LogP contribution is 2.39. The number of nitrogens with zero attached hydrogens (tertiary/aromatic N) is 4. The third-order valence-corrected chi connectivity index (χ3v) is 11.7. The van der Waals surface area contributed by atoms with E-state index < -0.39 is 18.2 Å². The molecule has 14 heteroatoms. The number of rotatable bonds is 10. The van der Waals surface area contributed by atoms with Gasteiger partial charge in [-0.3, -0.25) is 9.59 Å². The van der Waals surface area contributed by atoms with Crippen LogP contribution in [0.3, 0.4) is 0 Å². The summed E-state index contributed by atoms with van der Waals surface area (Å²) >= 11 is 0. The molecule has 2 aromatic heterocycles. The van der Waals surface area contributed by atoms with Gasteiger partial charge in [-0.1, -0.05) is 75.2 Å². The van der Waals surface area contributed by atoms with Crippen molar-refractivity contribution >= 4 is 34.8 Å². The molecule has 0 spiro atoms. The average Bonchev–Trinajstić information content (AvgIpc) is 4.06. The molecule has 2 aliphatic rings. The molecule has 3 heterocycles.